The van der Waals surface area contributed by atoms with E-state index in [2.05, 4.69) is 39.4 Å². The number of aromatic amines is 1. The lowest BCUT2D eigenvalue weighted by molar-refractivity contribution is -0.133. The molecule has 0 saturated carbocycles. The fraction of sp³-hybridized carbons (Fsp3) is 0.469. The van der Waals surface area contributed by atoms with Gasteiger partial charge in [0.15, 0.2) is 17.5 Å². The summed E-state index contributed by atoms with van der Waals surface area (Å²) in [5, 5.41) is 25.6. The largest absolute Gasteiger partial charge is 0.394 e. The molecule has 7 nitrogen and oxygen atoms in total. The van der Waals surface area contributed by atoms with E-state index >= 15 is 0 Å². The molecule has 5 rings (SSSR count). The molecule has 2 aromatic carbocycles. The number of rotatable bonds is 8. The topological polar surface area (TPSA) is 83.0 Å². The average molecular weight is 587 g/mol. The highest BCUT2D eigenvalue weighted by Crippen LogP contribution is 2.34. The number of carbonyl (C=O) groups excluding carboxylic acids is 1. The molecule has 2 aliphatic rings. The molecule has 0 spiro atoms. The van der Waals surface area contributed by atoms with E-state index in [1.54, 1.807) is 4.90 Å². The van der Waals surface area contributed by atoms with Crippen molar-refractivity contribution in [2.24, 2.45) is 0 Å². The van der Waals surface area contributed by atoms with Crippen LogP contribution in [0.3, 0.4) is 0 Å². The number of hydrogen-bond donors (Lipinski definition) is 3. The first kappa shape index (κ1) is 31.7. The average Bonchev–Trinajstić information content (AvgIpc) is 3.46. The van der Waals surface area contributed by atoms with Crippen LogP contribution in [0, 0.1) is 17.5 Å². The van der Waals surface area contributed by atoms with Gasteiger partial charge in [0.2, 0.25) is 5.91 Å². The number of hydrogen-bond acceptors (Lipinski definition) is 5. The highest BCUT2D eigenvalue weighted by atomic mass is 19.2. The van der Waals surface area contributed by atoms with Crippen LogP contribution in [-0.4, -0.2) is 87.5 Å². The highest BCUT2D eigenvalue weighted by Gasteiger charge is 2.33. The molecule has 228 valence electrons. The number of fused-ring (bicyclic) bond motifs is 1. The number of carbonyl (C=O) groups is 1. The van der Waals surface area contributed by atoms with E-state index in [4.69, 9.17) is 0 Å². The molecular formula is C32H41F3N4O3. The number of benzene rings is 2. The molecule has 3 aromatic rings. The molecule has 2 saturated heterocycles. The number of likely N-dealkylation sites (tertiary alicyclic amines) is 1. The van der Waals surface area contributed by atoms with Gasteiger partial charge in [0.05, 0.1) is 12.7 Å². The lowest BCUT2D eigenvalue weighted by Crippen LogP contribution is -2.57. The molecule has 1 amide bonds. The molecule has 1 aromatic heterocycles. The first-order chi connectivity index (χ1) is 20.3. The smallest absolute Gasteiger partial charge is 0.246 e. The lowest BCUT2D eigenvalue weighted by Gasteiger charge is -2.46. The van der Waals surface area contributed by atoms with Gasteiger partial charge in [0.1, 0.15) is 0 Å². The second-order valence-electron chi connectivity index (χ2n) is 10.7. The molecule has 0 aliphatic carbocycles. The summed E-state index contributed by atoms with van der Waals surface area (Å²) in [7, 11) is 0. The molecule has 0 radical (unpaired) electrons. The Morgan fingerprint density at radius 1 is 1.05 bits per heavy atom. The van der Waals surface area contributed by atoms with Gasteiger partial charge in [0, 0.05) is 61.9 Å². The Hall–Kier alpha value is -3.18. The second-order valence-corrected chi connectivity index (χ2v) is 10.7. The van der Waals surface area contributed by atoms with Crippen LogP contribution in [0.1, 0.15) is 56.6 Å². The molecule has 1 atom stereocenters. The zero-order valence-electron chi connectivity index (χ0n) is 24.3. The Morgan fingerprint density at radius 3 is 2.33 bits per heavy atom. The fourth-order valence-electron chi connectivity index (χ4n) is 5.96. The molecule has 0 bridgehead atoms. The van der Waals surface area contributed by atoms with Gasteiger partial charge in [-0.2, -0.15) is 0 Å². The SMILES string of the molecule is CC.O=C(/C=C/c1cc(F)c(F)c(F)c1)N1CCC(N(CC(O)CO)N2CCC(c3c[nH]c4ccccc34)CC2)CC1. The Bertz CT molecular complexity index is 1320. The van der Waals surface area contributed by atoms with Gasteiger partial charge in [-0.25, -0.2) is 23.2 Å². The molecule has 3 heterocycles. The van der Waals surface area contributed by atoms with Crippen LogP contribution in [0.25, 0.3) is 17.0 Å². The van der Waals surface area contributed by atoms with Crippen LogP contribution in [0.4, 0.5) is 13.2 Å². The van der Waals surface area contributed by atoms with E-state index in [0.29, 0.717) is 38.4 Å². The van der Waals surface area contributed by atoms with E-state index in [9.17, 15) is 28.2 Å². The standard InChI is InChI=1S/C30H35F3N4O3.C2H6/c31-26-15-20(16-27(32)30(26)33)5-6-29(40)35-11-9-22(10-12-35)37(18-23(39)19-38)36-13-7-21(8-14-36)25-17-34-28-4-2-1-3-24(25)28;1-2/h1-6,15-17,21-23,34,38-39H,7-14,18-19H2;1-2H3/b6-5+;. The number of para-hydroxylation sites is 1. The predicted molar refractivity (Wildman–Crippen MR) is 158 cm³/mol. The molecule has 42 heavy (non-hydrogen) atoms. The first-order valence-electron chi connectivity index (χ1n) is 14.8. The number of aromatic nitrogens is 1. The minimum atomic E-state index is -1.54. The van der Waals surface area contributed by atoms with Crippen molar-refractivity contribution in [2.45, 2.75) is 57.6 Å². The number of halogens is 3. The number of hydrazine groups is 1. The van der Waals surface area contributed by atoms with E-state index in [-0.39, 0.29) is 24.1 Å². The number of piperidine rings is 2. The van der Waals surface area contributed by atoms with Crippen molar-refractivity contribution in [3.8, 4) is 0 Å². The van der Waals surface area contributed by atoms with Crippen molar-refractivity contribution in [3.05, 3.63) is 77.2 Å². The predicted octanol–water partition coefficient (Wildman–Crippen LogP) is 5.07. The van der Waals surface area contributed by atoms with Crippen LogP contribution >= 0.6 is 0 Å². The van der Waals surface area contributed by atoms with Crippen molar-refractivity contribution in [1.29, 1.82) is 0 Å². The number of aliphatic hydroxyl groups is 2. The van der Waals surface area contributed by atoms with Gasteiger partial charge in [-0.3, -0.25) is 4.79 Å². The monoisotopic (exact) mass is 586 g/mol. The highest BCUT2D eigenvalue weighted by molar-refractivity contribution is 5.91. The normalized spacial score (nSPS) is 18.0. The molecule has 10 heteroatoms. The third kappa shape index (κ3) is 7.42. The zero-order chi connectivity index (χ0) is 30.2. The summed E-state index contributed by atoms with van der Waals surface area (Å²) in [5.41, 5.74) is 2.55. The molecular weight excluding hydrogens is 545 g/mol. The van der Waals surface area contributed by atoms with E-state index in [1.807, 2.05) is 19.9 Å². The van der Waals surface area contributed by atoms with Crippen LogP contribution in [0.5, 0.6) is 0 Å². The number of aliphatic hydroxyl groups excluding tert-OH is 2. The fourth-order valence-corrected chi connectivity index (χ4v) is 5.96. The number of H-pyrrole nitrogens is 1. The summed E-state index contributed by atoms with van der Waals surface area (Å²) in [4.78, 5) is 17.8. The van der Waals surface area contributed by atoms with Gasteiger partial charge < -0.3 is 20.1 Å². The van der Waals surface area contributed by atoms with E-state index in [0.717, 1.165) is 43.6 Å². The summed E-state index contributed by atoms with van der Waals surface area (Å²) < 4.78 is 40.1. The van der Waals surface area contributed by atoms with Gasteiger partial charge in [-0.05, 0) is 67.0 Å². The van der Waals surface area contributed by atoms with E-state index in [1.165, 1.54) is 23.1 Å². The molecule has 2 fully saturated rings. The molecule has 3 N–H and O–H groups in total. The number of amides is 1. The minimum absolute atomic E-state index is 0.0693. The Morgan fingerprint density at radius 2 is 1.69 bits per heavy atom. The minimum Gasteiger partial charge on any atom is -0.394 e. The van der Waals surface area contributed by atoms with Gasteiger partial charge in [0.25, 0.3) is 0 Å². The second kappa shape index (κ2) is 14.8. The van der Waals surface area contributed by atoms with Gasteiger partial charge in [-0.1, -0.05) is 32.0 Å². The Balaban J connectivity index is 0.00000198. The first-order valence-corrected chi connectivity index (χ1v) is 14.8. The quantitative estimate of drug-likeness (QED) is 0.254. The summed E-state index contributed by atoms with van der Waals surface area (Å²) >= 11 is 0. The van der Waals surface area contributed by atoms with Crippen LogP contribution in [-0.2, 0) is 4.79 Å². The van der Waals surface area contributed by atoms with Crippen molar-refractivity contribution in [3.63, 3.8) is 0 Å². The maximum atomic E-state index is 13.5. The lowest BCUT2D eigenvalue weighted by atomic mass is 9.89. The zero-order valence-corrected chi connectivity index (χ0v) is 24.3. The van der Waals surface area contributed by atoms with Gasteiger partial charge in [-0.15, -0.1) is 0 Å². The number of nitrogens with zero attached hydrogens (tertiary/aromatic N) is 3. The van der Waals surface area contributed by atoms with Gasteiger partial charge >= 0.3 is 0 Å². The summed E-state index contributed by atoms with van der Waals surface area (Å²) in [6, 6.07) is 10.1. The van der Waals surface area contributed by atoms with Crippen molar-refractivity contribution in [2.75, 3.05) is 39.3 Å². The maximum absolute atomic E-state index is 13.5. The van der Waals surface area contributed by atoms with Crippen LogP contribution in [0.2, 0.25) is 0 Å². The number of nitrogens with one attached hydrogen (secondary N) is 1. The van der Waals surface area contributed by atoms with Crippen molar-refractivity contribution >= 4 is 22.9 Å². The summed E-state index contributed by atoms with van der Waals surface area (Å²) in [5.74, 6) is -3.99. The van der Waals surface area contributed by atoms with Crippen molar-refractivity contribution in [1.82, 2.24) is 19.9 Å². The summed E-state index contributed by atoms with van der Waals surface area (Å²) in [6.45, 7) is 6.61. The van der Waals surface area contributed by atoms with E-state index < -0.39 is 23.6 Å². The maximum Gasteiger partial charge on any atom is 0.246 e. The third-order valence-corrected chi connectivity index (χ3v) is 8.13. The molecule has 2 aliphatic heterocycles. The summed E-state index contributed by atoms with van der Waals surface area (Å²) in [6.07, 6.45) is 7.07. The van der Waals surface area contributed by atoms with Crippen LogP contribution < -0.4 is 0 Å². The van der Waals surface area contributed by atoms with Crippen molar-refractivity contribution < 1.29 is 28.2 Å². The Labute approximate surface area is 245 Å². The molecule has 1 unspecified atom stereocenters. The van der Waals surface area contributed by atoms with Crippen LogP contribution in [0.15, 0.2) is 48.7 Å². The Kier molecular flexibility index (Phi) is 11.2. The third-order valence-electron chi connectivity index (χ3n) is 8.13.